The van der Waals surface area contributed by atoms with Crippen molar-refractivity contribution in [2.45, 2.75) is 12.8 Å². The highest BCUT2D eigenvalue weighted by molar-refractivity contribution is 5.85. The lowest BCUT2D eigenvalue weighted by atomic mass is 9.92. The number of H-pyrrole nitrogens is 1. The number of para-hydroxylation sites is 2. The third-order valence-electron chi connectivity index (χ3n) is 5.69. The number of fused-ring (bicyclic) bond motifs is 1. The van der Waals surface area contributed by atoms with Crippen molar-refractivity contribution in [2.75, 3.05) is 13.1 Å². The average molecular weight is 390 g/mol. The molecule has 0 atom stereocenters. The second-order valence-corrected chi connectivity index (χ2v) is 7.60. The summed E-state index contributed by atoms with van der Waals surface area (Å²) in [4.78, 5) is 8.43. The van der Waals surface area contributed by atoms with Crippen LogP contribution in [-0.4, -0.2) is 23.1 Å². The van der Waals surface area contributed by atoms with Crippen molar-refractivity contribution < 1.29 is 0 Å². The minimum absolute atomic E-state index is 0.677. The number of imidazole rings is 1. The zero-order chi connectivity index (χ0) is 20.3. The Morgan fingerprint density at radius 1 is 0.867 bits per heavy atom. The predicted octanol–water partition coefficient (Wildman–Crippen LogP) is 5.29. The van der Waals surface area contributed by atoms with Gasteiger partial charge in [0.05, 0.1) is 22.7 Å². The van der Waals surface area contributed by atoms with Crippen LogP contribution in [0.3, 0.4) is 0 Å². The number of aromatic nitrogens is 2. The average Bonchev–Trinajstić information content (AvgIpc) is 3.24. The van der Waals surface area contributed by atoms with Gasteiger partial charge in [0.25, 0.3) is 0 Å². The van der Waals surface area contributed by atoms with Crippen molar-refractivity contribution >= 4 is 16.6 Å². The molecule has 30 heavy (non-hydrogen) atoms. The van der Waals surface area contributed by atoms with Crippen LogP contribution < -0.4 is 5.32 Å². The van der Waals surface area contributed by atoms with E-state index in [1.54, 1.807) is 0 Å². The fraction of sp³-hybridized carbons (Fsp3) is 0.154. The van der Waals surface area contributed by atoms with Gasteiger partial charge in [-0.3, -0.25) is 0 Å². The number of nitrogens with one attached hydrogen (secondary N) is 2. The lowest BCUT2D eigenvalue weighted by molar-refractivity contribution is 0.611. The molecule has 1 aliphatic rings. The summed E-state index contributed by atoms with van der Waals surface area (Å²) in [6.07, 6.45) is 2.05. The van der Waals surface area contributed by atoms with E-state index in [-0.39, 0.29) is 0 Å². The number of nitrogens with zero attached hydrogens (tertiary/aromatic N) is 2. The Bertz CT molecular complexity index is 1230. The number of hydrogen-bond donors (Lipinski definition) is 2. The first kappa shape index (κ1) is 18.4. The minimum Gasteiger partial charge on any atom is -0.338 e. The third-order valence-corrected chi connectivity index (χ3v) is 5.69. The van der Waals surface area contributed by atoms with Crippen molar-refractivity contribution in [3.63, 3.8) is 0 Å². The summed E-state index contributed by atoms with van der Waals surface area (Å²) in [6, 6.07) is 26.7. The van der Waals surface area contributed by atoms with Crippen molar-refractivity contribution in [1.29, 1.82) is 5.26 Å². The van der Waals surface area contributed by atoms with Crippen LogP contribution in [0.5, 0.6) is 0 Å². The molecule has 1 saturated heterocycles. The van der Waals surface area contributed by atoms with E-state index in [0.29, 0.717) is 5.56 Å². The van der Waals surface area contributed by atoms with Crippen LogP contribution in [0.15, 0.2) is 78.4 Å². The van der Waals surface area contributed by atoms with Gasteiger partial charge < -0.3 is 10.3 Å². The van der Waals surface area contributed by atoms with Crippen LogP contribution in [0.2, 0.25) is 0 Å². The van der Waals surface area contributed by atoms with Crippen molar-refractivity contribution in [1.82, 2.24) is 15.3 Å². The van der Waals surface area contributed by atoms with E-state index in [2.05, 4.69) is 46.7 Å². The molecule has 1 aromatic heterocycles. The van der Waals surface area contributed by atoms with Gasteiger partial charge in [0.2, 0.25) is 0 Å². The highest BCUT2D eigenvalue weighted by atomic mass is 14.9. The fourth-order valence-corrected chi connectivity index (χ4v) is 4.16. The smallest absolute Gasteiger partial charge is 0.139 e. The van der Waals surface area contributed by atoms with Crippen LogP contribution in [0, 0.1) is 11.3 Å². The SMILES string of the molecule is N#Cc1cccc(-c2ccc(C(=C3CCNCC3)c3nc4ccccc4[nH]3)cc2)c1. The Morgan fingerprint density at radius 3 is 2.43 bits per heavy atom. The molecule has 2 N–H and O–H groups in total. The molecule has 0 radical (unpaired) electrons. The number of piperidine rings is 1. The zero-order valence-corrected chi connectivity index (χ0v) is 16.7. The van der Waals surface area contributed by atoms with E-state index >= 15 is 0 Å². The van der Waals surface area contributed by atoms with Gasteiger partial charge >= 0.3 is 0 Å². The summed E-state index contributed by atoms with van der Waals surface area (Å²) in [5.74, 6) is 0.937. The highest BCUT2D eigenvalue weighted by Crippen LogP contribution is 2.32. The van der Waals surface area contributed by atoms with Crippen molar-refractivity contribution in [3.05, 3.63) is 95.3 Å². The molecule has 0 aliphatic carbocycles. The van der Waals surface area contributed by atoms with Crippen molar-refractivity contribution in [2.24, 2.45) is 0 Å². The third kappa shape index (κ3) is 3.52. The van der Waals surface area contributed by atoms with E-state index in [9.17, 15) is 5.26 Å². The number of benzene rings is 3. The molecule has 4 heteroatoms. The molecular weight excluding hydrogens is 368 g/mol. The van der Waals surface area contributed by atoms with E-state index in [0.717, 1.165) is 53.9 Å². The summed E-state index contributed by atoms with van der Waals surface area (Å²) < 4.78 is 0. The molecule has 0 saturated carbocycles. The topological polar surface area (TPSA) is 64.5 Å². The van der Waals surface area contributed by atoms with Gasteiger partial charge in [0.15, 0.2) is 0 Å². The molecule has 4 nitrogen and oxygen atoms in total. The van der Waals surface area contributed by atoms with Crippen LogP contribution in [0.4, 0.5) is 0 Å². The standard InChI is InChI=1S/C26H22N4/c27-17-18-4-3-5-22(16-18)19-8-10-20(11-9-19)25(21-12-14-28-15-13-21)26-29-23-6-1-2-7-24(23)30-26/h1-11,16,28H,12-15H2,(H,29,30). The van der Waals surface area contributed by atoms with Gasteiger partial charge in [-0.15, -0.1) is 0 Å². The molecule has 0 spiro atoms. The summed E-state index contributed by atoms with van der Waals surface area (Å²) >= 11 is 0. The van der Waals surface area contributed by atoms with Crippen molar-refractivity contribution in [3.8, 4) is 17.2 Å². The van der Waals surface area contributed by atoms with E-state index in [1.807, 2.05) is 42.5 Å². The minimum atomic E-state index is 0.677. The van der Waals surface area contributed by atoms with E-state index in [1.165, 1.54) is 16.7 Å². The second-order valence-electron chi connectivity index (χ2n) is 7.60. The molecule has 0 amide bonds. The molecule has 0 bridgehead atoms. The van der Waals surface area contributed by atoms with Crippen LogP contribution in [-0.2, 0) is 0 Å². The second kappa shape index (κ2) is 7.98. The Balaban J connectivity index is 1.59. The molecule has 1 aliphatic heterocycles. The van der Waals surface area contributed by atoms with E-state index in [4.69, 9.17) is 4.98 Å². The van der Waals surface area contributed by atoms with Crippen LogP contribution in [0.25, 0.3) is 27.7 Å². The van der Waals surface area contributed by atoms with Gasteiger partial charge in [-0.1, -0.05) is 54.1 Å². The first-order chi connectivity index (χ1) is 14.8. The highest BCUT2D eigenvalue weighted by Gasteiger charge is 2.18. The Morgan fingerprint density at radius 2 is 1.67 bits per heavy atom. The predicted molar refractivity (Wildman–Crippen MR) is 121 cm³/mol. The molecule has 0 unspecified atom stereocenters. The summed E-state index contributed by atoms with van der Waals surface area (Å²) in [6.45, 7) is 2.00. The Kier molecular flexibility index (Phi) is 4.88. The first-order valence-corrected chi connectivity index (χ1v) is 10.3. The molecule has 2 heterocycles. The van der Waals surface area contributed by atoms with Gasteiger partial charge in [-0.25, -0.2) is 4.98 Å². The molecule has 146 valence electrons. The largest absolute Gasteiger partial charge is 0.338 e. The van der Waals surface area contributed by atoms with Crippen LogP contribution >= 0.6 is 0 Å². The fourth-order valence-electron chi connectivity index (χ4n) is 4.16. The summed E-state index contributed by atoms with van der Waals surface area (Å²) in [7, 11) is 0. The van der Waals surface area contributed by atoms with Gasteiger partial charge in [-0.05, 0) is 66.9 Å². The Hall–Kier alpha value is -3.68. The monoisotopic (exact) mass is 390 g/mol. The zero-order valence-electron chi connectivity index (χ0n) is 16.7. The molecular formula is C26H22N4. The lowest BCUT2D eigenvalue weighted by Crippen LogP contribution is -2.24. The van der Waals surface area contributed by atoms with Crippen LogP contribution in [0.1, 0.15) is 29.8 Å². The van der Waals surface area contributed by atoms with Gasteiger partial charge in [-0.2, -0.15) is 5.26 Å². The summed E-state index contributed by atoms with van der Waals surface area (Å²) in [5, 5.41) is 12.6. The Labute approximate surface area is 175 Å². The maximum absolute atomic E-state index is 9.18. The summed E-state index contributed by atoms with van der Waals surface area (Å²) in [5.41, 5.74) is 8.71. The first-order valence-electron chi connectivity index (χ1n) is 10.3. The normalized spacial score (nSPS) is 13.9. The number of rotatable bonds is 3. The molecule has 5 rings (SSSR count). The van der Waals surface area contributed by atoms with E-state index < -0.39 is 0 Å². The maximum Gasteiger partial charge on any atom is 0.139 e. The quantitative estimate of drug-likeness (QED) is 0.500. The van der Waals surface area contributed by atoms with Gasteiger partial charge in [0, 0.05) is 5.57 Å². The number of hydrogen-bond acceptors (Lipinski definition) is 3. The molecule has 3 aromatic carbocycles. The lowest BCUT2D eigenvalue weighted by Gasteiger charge is -2.20. The maximum atomic E-state index is 9.18. The number of nitriles is 1. The molecule has 1 fully saturated rings. The molecule has 4 aromatic rings. The number of aromatic amines is 1. The van der Waals surface area contributed by atoms with Gasteiger partial charge in [0.1, 0.15) is 5.82 Å².